The molecule has 1 nitrogen and oxygen atoms in total. The lowest BCUT2D eigenvalue weighted by Crippen LogP contribution is -2.40. The summed E-state index contributed by atoms with van der Waals surface area (Å²) in [6, 6.07) is 0.900. The van der Waals surface area contributed by atoms with E-state index in [2.05, 4.69) is 34.5 Å². The van der Waals surface area contributed by atoms with Crippen LogP contribution in [-0.2, 0) is 0 Å². The third-order valence-corrected chi connectivity index (χ3v) is 5.13. The Kier molecular flexibility index (Phi) is 2.17. The fourth-order valence-electron chi connectivity index (χ4n) is 2.61. The molecule has 0 unspecified atom stereocenters. The molecule has 1 aliphatic carbocycles. The molecule has 2 aliphatic rings. The molecule has 2 heteroatoms. The first kappa shape index (κ1) is 8.30. The van der Waals surface area contributed by atoms with Gasteiger partial charge in [0.1, 0.15) is 0 Å². The zero-order valence-corrected chi connectivity index (χ0v) is 9.30. The topological polar surface area (TPSA) is 3.24 Å². The summed E-state index contributed by atoms with van der Waals surface area (Å²) in [4.78, 5) is 2.56. The van der Waals surface area contributed by atoms with Crippen molar-refractivity contribution in [2.75, 3.05) is 13.6 Å². The van der Waals surface area contributed by atoms with Crippen LogP contribution in [-0.4, -0.2) is 28.0 Å². The Hall–Kier alpha value is 0.690. The molecule has 0 radical (unpaired) electrons. The molecule has 2 fully saturated rings. The number of rotatable bonds is 0. The monoisotopic (exact) mass is 265 g/mol. The summed E-state index contributed by atoms with van der Waals surface area (Å²) < 4.78 is 0.658. The van der Waals surface area contributed by atoms with Gasteiger partial charge in [-0.1, -0.05) is 35.4 Å². The average Bonchev–Trinajstić information content (AvgIpc) is 2.29. The van der Waals surface area contributed by atoms with Gasteiger partial charge in [-0.05, 0) is 32.9 Å². The Morgan fingerprint density at radius 3 is 2.91 bits per heavy atom. The zero-order valence-electron chi connectivity index (χ0n) is 7.15. The van der Waals surface area contributed by atoms with Crippen molar-refractivity contribution >= 4 is 22.6 Å². The van der Waals surface area contributed by atoms with Gasteiger partial charge in [0.05, 0.1) is 0 Å². The summed E-state index contributed by atoms with van der Waals surface area (Å²) in [6.07, 6.45) is 7.25. The standard InChI is InChI=1S/C9H16IN/c1-11-7-6-9(10)5-3-2-4-8(9)11/h8H,2-7H2,1H3/t8-,9+/m0/s1. The van der Waals surface area contributed by atoms with Crippen LogP contribution < -0.4 is 0 Å². The van der Waals surface area contributed by atoms with Crippen molar-refractivity contribution in [3.63, 3.8) is 0 Å². The van der Waals surface area contributed by atoms with Crippen LogP contribution in [0.3, 0.4) is 0 Å². The van der Waals surface area contributed by atoms with E-state index in [1.54, 1.807) is 0 Å². The van der Waals surface area contributed by atoms with Crippen molar-refractivity contribution in [3.05, 3.63) is 0 Å². The van der Waals surface area contributed by atoms with Crippen LogP contribution >= 0.6 is 22.6 Å². The van der Waals surface area contributed by atoms with Crippen molar-refractivity contribution in [3.8, 4) is 0 Å². The Bertz CT molecular complexity index is 156. The number of hydrogen-bond donors (Lipinski definition) is 0. The molecule has 2 atom stereocenters. The molecule has 0 bridgehead atoms. The summed E-state index contributed by atoms with van der Waals surface area (Å²) in [5.41, 5.74) is 0. The van der Waals surface area contributed by atoms with Crippen molar-refractivity contribution in [2.24, 2.45) is 0 Å². The van der Waals surface area contributed by atoms with E-state index in [9.17, 15) is 0 Å². The molecule has 2 rings (SSSR count). The largest absolute Gasteiger partial charge is 0.302 e. The third-order valence-electron chi connectivity index (χ3n) is 3.33. The van der Waals surface area contributed by atoms with Gasteiger partial charge in [-0.2, -0.15) is 0 Å². The fourth-order valence-corrected chi connectivity index (χ4v) is 4.02. The van der Waals surface area contributed by atoms with E-state index in [1.165, 1.54) is 38.6 Å². The molecule has 1 heterocycles. The number of nitrogens with zero attached hydrogens (tertiary/aromatic N) is 1. The van der Waals surface area contributed by atoms with E-state index in [0.717, 1.165) is 6.04 Å². The number of hydrogen-bond acceptors (Lipinski definition) is 1. The van der Waals surface area contributed by atoms with E-state index in [0.29, 0.717) is 3.42 Å². The van der Waals surface area contributed by atoms with Gasteiger partial charge in [0, 0.05) is 9.46 Å². The Morgan fingerprint density at radius 2 is 2.18 bits per heavy atom. The summed E-state index contributed by atoms with van der Waals surface area (Å²) in [6.45, 7) is 1.33. The Morgan fingerprint density at radius 1 is 1.36 bits per heavy atom. The zero-order chi connectivity index (χ0) is 7.90. The van der Waals surface area contributed by atoms with Gasteiger partial charge in [0.25, 0.3) is 0 Å². The maximum atomic E-state index is 2.72. The van der Waals surface area contributed by atoms with Crippen molar-refractivity contribution in [1.82, 2.24) is 4.90 Å². The van der Waals surface area contributed by atoms with Gasteiger partial charge in [0.2, 0.25) is 0 Å². The van der Waals surface area contributed by atoms with Gasteiger partial charge < -0.3 is 4.90 Å². The van der Waals surface area contributed by atoms with Gasteiger partial charge in [0.15, 0.2) is 0 Å². The average molecular weight is 265 g/mol. The summed E-state index contributed by atoms with van der Waals surface area (Å²) in [5, 5.41) is 0. The molecule has 0 aromatic rings. The summed E-state index contributed by atoms with van der Waals surface area (Å²) >= 11 is 2.72. The van der Waals surface area contributed by atoms with Gasteiger partial charge >= 0.3 is 0 Å². The molecule has 0 spiro atoms. The van der Waals surface area contributed by atoms with E-state index in [-0.39, 0.29) is 0 Å². The van der Waals surface area contributed by atoms with Crippen LogP contribution in [0.5, 0.6) is 0 Å². The maximum absolute atomic E-state index is 2.72. The molecule has 0 N–H and O–H groups in total. The minimum absolute atomic E-state index is 0.658. The first-order chi connectivity index (χ1) is 5.22. The number of fused-ring (bicyclic) bond motifs is 1. The van der Waals surface area contributed by atoms with E-state index < -0.39 is 0 Å². The molecule has 11 heavy (non-hydrogen) atoms. The number of alkyl halides is 1. The normalized spacial score (nSPS) is 45.8. The van der Waals surface area contributed by atoms with Crippen LogP contribution in [0, 0.1) is 0 Å². The molecule has 1 saturated heterocycles. The molecule has 64 valence electrons. The van der Waals surface area contributed by atoms with E-state index in [1.807, 2.05) is 0 Å². The summed E-state index contributed by atoms with van der Waals surface area (Å²) in [5.74, 6) is 0. The van der Waals surface area contributed by atoms with Crippen LogP contribution in [0.4, 0.5) is 0 Å². The first-order valence-corrected chi connectivity index (χ1v) is 5.69. The maximum Gasteiger partial charge on any atom is 0.0389 e. The van der Waals surface area contributed by atoms with Crippen molar-refractivity contribution in [1.29, 1.82) is 0 Å². The molecule has 0 aromatic carbocycles. The van der Waals surface area contributed by atoms with Gasteiger partial charge in [-0.3, -0.25) is 0 Å². The van der Waals surface area contributed by atoms with Crippen LogP contribution in [0.25, 0.3) is 0 Å². The molecule has 0 aromatic heterocycles. The third kappa shape index (κ3) is 1.32. The van der Waals surface area contributed by atoms with Crippen LogP contribution in [0.15, 0.2) is 0 Å². The van der Waals surface area contributed by atoms with Crippen molar-refractivity contribution in [2.45, 2.75) is 41.6 Å². The minimum atomic E-state index is 0.658. The Labute approximate surface area is 82.7 Å². The van der Waals surface area contributed by atoms with Crippen LogP contribution in [0.2, 0.25) is 0 Å². The molecule has 1 saturated carbocycles. The predicted molar refractivity (Wildman–Crippen MR) is 56.3 cm³/mol. The minimum Gasteiger partial charge on any atom is -0.302 e. The van der Waals surface area contributed by atoms with Crippen LogP contribution in [0.1, 0.15) is 32.1 Å². The second-order valence-electron chi connectivity index (χ2n) is 4.03. The molecule has 0 amide bonds. The smallest absolute Gasteiger partial charge is 0.0389 e. The second-order valence-corrected chi connectivity index (χ2v) is 6.18. The second kappa shape index (κ2) is 2.87. The van der Waals surface area contributed by atoms with E-state index >= 15 is 0 Å². The Balaban J connectivity index is 2.14. The predicted octanol–water partition coefficient (Wildman–Crippen LogP) is 2.44. The quantitative estimate of drug-likeness (QED) is 0.480. The number of likely N-dealkylation sites (tertiary alicyclic amines) is 1. The lowest BCUT2D eigenvalue weighted by atomic mass is 9.85. The van der Waals surface area contributed by atoms with Gasteiger partial charge in [-0.25, -0.2) is 0 Å². The van der Waals surface area contributed by atoms with E-state index in [4.69, 9.17) is 0 Å². The highest BCUT2D eigenvalue weighted by molar-refractivity contribution is 14.1. The van der Waals surface area contributed by atoms with Gasteiger partial charge in [-0.15, -0.1) is 0 Å². The molecular formula is C9H16IN. The lowest BCUT2D eigenvalue weighted by molar-refractivity contribution is 0.240. The molecule has 1 aliphatic heterocycles. The number of halogens is 1. The van der Waals surface area contributed by atoms with Crippen molar-refractivity contribution < 1.29 is 0 Å². The highest BCUT2D eigenvalue weighted by atomic mass is 127. The lowest BCUT2D eigenvalue weighted by Gasteiger charge is -2.36. The highest BCUT2D eigenvalue weighted by Crippen LogP contribution is 2.45. The SMILES string of the molecule is CN1CC[C@]2(I)CCCC[C@H]12. The summed E-state index contributed by atoms with van der Waals surface area (Å²) in [7, 11) is 2.29. The highest BCUT2D eigenvalue weighted by Gasteiger charge is 2.44. The molecular weight excluding hydrogens is 249 g/mol. The first-order valence-electron chi connectivity index (χ1n) is 4.61. The fraction of sp³-hybridized carbons (Fsp3) is 1.00.